The quantitative estimate of drug-likeness (QED) is 0.300. The van der Waals surface area contributed by atoms with E-state index in [9.17, 15) is 56.8 Å². The minimum atomic E-state index is -6.40. The standard InChI is InChI=1S/C29H32F8N2O5S2/c1-19(2)38-17-25(12-15-45(41,42)16-13-25)24(40)39-14-11-26(18-39,46(43,44)23-9-7-22(30)8-10-23)20-3-5-21(6-4-20)27(31,28(32,33)34)29(35,36)37/h3-10,19,38H,11-18H2,1-2H3/t26-/m0/s1. The third kappa shape index (κ3) is 6.25. The van der Waals surface area contributed by atoms with E-state index >= 15 is 0 Å². The van der Waals surface area contributed by atoms with Crippen molar-refractivity contribution in [2.24, 2.45) is 5.41 Å². The van der Waals surface area contributed by atoms with E-state index in [2.05, 4.69) is 5.32 Å². The van der Waals surface area contributed by atoms with Crippen molar-refractivity contribution in [3.05, 3.63) is 65.5 Å². The summed E-state index contributed by atoms with van der Waals surface area (Å²) in [6.07, 6.45) is -13.3. The van der Waals surface area contributed by atoms with Crippen LogP contribution < -0.4 is 5.32 Å². The molecule has 2 aliphatic heterocycles. The van der Waals surface area contributed by atoms with Crippen LogP contribution in [0.5, 0.6) is 0 Å². The highest BCUT2D eigenvalue weighted by atomic mass is 32.2. The van der Waals surface area contributed by atoms with Gasteiger partial charge >= 0.3 is 18.0 Å². The number of nitrogens with one attached hydrogen (secondary N) is 1. The highest BCUT2D eigenvalue weighted by molar-refractivity contribution is 7.92. The van der Waals surface area contributed by atoms with Gasteiger partial charge in [0.05, 0.1) is 21.8 Å². The molecule has 0 spiro atoms. The normalized spacial score (nSPS) is 22.3. The van der Waals surface area contributed by atoms with Crippen LogP contribution in [-0.2, 0) is 34.9 Å². The molecule has 2 aromatic carbocycles. The maximum absolute atomic E-state index is 14.8. The zero-order valence-electron chi connectivity index (χ0n) is 24.7. The highest BCUT2D eigenvalue weighted by Crippen LogP contribution is 2.54. The predicted molar refractivity (Wildman–Crippen MR) is 151 cm³/mol. The SMILES string of the molecule is CC(C)NCC1(C(=O)N2CC[C@](c3ccc(C(F)(C(F)(F)F)C(F)(F)F)cc3)(S(=O)(=O)c3ccc(F)cc3)C2)CCS(=O)(=O)CC1. The molecule has 0 aliphatic carbocycles. The van der Waals surface area contributed by atoms with Gasteiger partial charge in [0, 0.05) is 31.2 Å². The summed E-state index contributed by atoms with van der Waals surface area (Å²) in [4.78, 5) is 14.9. The molecule has 2 heterocycles. The summed E-state index contributed by atoms with van der Waals surface area (Å²) in [5.41, 5.74) is -9.14. The van der Waals surface area contributed by atoms with Gasteiger partial charge in [-0.15, -0.1) is 0 Å². The second-order valence-electron chi connectivity index (χ2n) is 12.1. The Morgan fingerprint density at radius 3 is 1.89 bits per heavy atom. The van der Waals surface area contributed by atoms with Crippen LogP contribution in [0.4, 0.5) is 35.1 Å². The first-order chi connectivity index (χ1) is 21.0. The molecule has 0 bridgehead atoms. The monoisotopic (exact) mass is 704 g/mol. The summed E-state index contributed by atoms with van der Waals surface area (Å²) in [6.45, 7) is 2.84. The Hall–Kier alpha value is -2.79. The maximum atomic E-state index is 14.8. The molecule has 1 N–H and O–H groups in total. The summed E-state index contributed by atoms with van der Waals surface area (Å²) < 4.78 is 160. The van der Waals surface area contributed by atoms with E-state index in [-0.39, 0.29) is 67.6 Å². The topological polar surface area (TPSA) is 101 Å². The smallest absolute Gasteiger partial charge is 0.340 e. The number of amides is 1. The third-order valence-electron chi connectivity index (χ3n) is 8.83. The fourth-order valence-electron chi connectivity index (χ4n) is 6.03. The zero-order chi connectivity index (χ0) is 34.6. The first-order valence-corrected chi connectivity index (χ1v) is 17.5. The highest BCUT2D eigenvalue weighted by Gasteiger charge is 2.73. The Bertz CT molecular complexity index is 1630. The van der Waals surface area contributed by atoms with E-state index < -0.39 is 76.6 Å². The Kier molecular flexibility index (Phi) is 9.42. The van der Waals surface area contributed by atoms with Crippen LogP contribution in [0.2, 0.25) is 0 Å². The number of carbonyl (C=O) groups excluding carboxylic acids is 1. The van der Waals surface area contributed by atoms with Gasteiger partial charge in [-0.1, -0.05) is 38.1 Å². The van der Waals surface area contributed by atoms with Crippen molar-refractivity contribution in [1.82, 2.24) is 10.2 Å². The van der Waals surface area contributed by atoms with E-state index in [1.807, 2.05) is 0 Å². The largest absolute Gasteiger partial charge is 0.435 e. The molecule has 17 heteroatoms. The van der Waals surface area contributed by atoms with E-state index in [4.69, 9.17) is 0 Å². The van der Waals surface area contributed by atoms with Gasteiger partial charge in [0.25, 0.3) is 0 Å². The Morgan fingerprint density at radius 1 is 0.891 bits per heavy atom. The predicted octanol–water partition coefficient (Wildman–Crippen LogP) is 5.21. The molecular formula is C29H32F8N2O5S2. The van der Waals surface area contributed by atoms with Crippen molar-refractivity contribution in [2.45, 2.75) is 66.8 Å². The molecule has 46 heavy (non-hydrogen) atoms. The number of rotatable bonds is 8. The molecular weight excluding hydrogens is 672 g/mol. The first kappa shape index (κ1) is 36.1. The van der Waals surface area contributed by atoms with Gasteiger partial charge < -0.3 is 10.2 Å². The molecule has 1 atom stereocenters. The average molecular weight is 705 g/mol. The second kappa shape index (κ2) is 12.0. The van der Waals surface area contributed by atoms with Crippen molar-refractivity contribution in [3.63, 3.8) is 0 Å². The van der Waals surface area contributed by atoms with E-state index in [0.717, 1.165) is 24.3 Å². The van der Waals surface area contributed by atoms with Crippen molar-refractivity contribution in [3.8, 4) is 0 Å². The van der Waals surface area contributed by atoms with Crippen molar-refractivity contribution < 1.29 is 56.8 Å². The molecule has 0 unspecified atom stereocenters. The van der Waals surface area contributed by atoms with Gasteiger partial charge in [-0.25, -0.2) is 25.6 Å². The number of likely N-dealkylation sites (tertiary alicyclic amines) is 1. The Labute approximate surface area is 261 Å². The average Bonchev–Trinajstić information content (AvgIpc) is 3.42. The number of hydrogen-bond acceptors (Lipinski definition) is 6. The summed E-state index contributed by atoms with van der Waals surface area (Å²) in [6, 6.07) is 5.19. The Balaban J connectivity index is 1.82. The van der Waals surface area contributed by atoms with Gasteiger partial charge in [-0.2, -0.15) is 26.3 Å². The zero-order valence-corrected chi connectivity index (χ0v) is 26.3. The lowest BCUT2D eigenvalue weighted by Crippen LogP contribution is -2.54. The maximum Gasteiger partial charge on any atom is 0.435 e. The van der Waals surface area contributed by atoms with Crippen molar-refractivity contribution in [1.29, 1.82) is 0 Å². The molecule has 2 fully saturated rings. The number of alkyl halides is 7. The lowest BCUT2D eigenvalue weighted by atomic mass is 9.80. The molecule has 2 aliphatic rings. The fourth-order valence-corrected chi connectivity index (χ4v) is 9.71. The molecule has 2 saturated heterocycles. The van der Waals surface area contributed by atoms with Crippen LogP contribution in [0.25, 0.3) is 0 Å². The molecule has 4 rings (SSSR count). The molecule has 256 valence electrons. The third-order valence-corrected chi connectivity index (χ3v) is 13.0. The molecule has 1 amide bonds. The van der Waals surface area contributed by atoms with Crippen molar-refractivity contribution >= 4 is 25.6 Å². The van der Waals surface area contributed by atoms with Crippen LogP contribution in [0.15, 0.2) is 53.4 Å². The van der Waals surface area contributed by atoms with Gasteiger partial charge in [0.2, 0.25) is 5.91 Å². The van der Waals surface area contributed by atoms with Crippen LogP contribution >= 0.6 is 0 Å². The van der Waals surface area contributed by atoms with E-state index in [0.29, 0.717) is 12.1 Å². The number of carbonyl (C=O) groups is 1. The minimum Gasteiger partial charge on any atom is -0.340 e. The fraction of sp³-hybridized carbons (Fsp3) is 0.552. The second-order valence-corrected chi connectivity index (χ2v) is 16.7. The van der Waals surface area contributed by atoms with E-state index in [1.165, 1.54) is 4.90 Å². The van der Waals surface area contributed by atoms with Gasteiger partial charge in [0.15, 0.2) is 9.84 Å². The molecule has 0 saturated carbocycles. The number of benzene rings is 2. The number of halogens is 8. The van der Waals surface area contributed by atoms with Gasteiger partial charge in [0.1, 0.15) is 20.4 Å². The molecule has 7 nitrogen and oxygen atoms in total. The lowest BCUT2D eigenvalue weighted by molar-refractivity contribution is -0.348. The van der Waals surface area contributed by atoms with Crippen molar-refractivity contribution in [2.75, 3.05) is 31.1 Å². The van der Waals surface area contributed by atoms with Gasteiger partial charge in [-0.3, -0.25) is 4.79 Å². The number of nitrogens with zero attached hydrogens (tertiary/aromatic N) is 1. The summed E-state index contributed by atoms with van der Waals surface area (Å²) in [5, 5.41) is 3.13. The first-order valence-electron chi connectivity index (χ1n) is 14.2. The number of hydrogen-bond donors (Lipinski definition) is 1. The summed E-state index contributed by atoms with van der Waals surface area (Å²) in [5.74, 6) is -1.95. The lowest BCUT2D eigenvalue weighted by Gasteiger charge is -2.40. The minimum absolute atomic E-state index is 0.0649. The van der Waals surface area contributed by atoms with Crippen LogP contribution in [0.3, 0.4) is 0 Å². The van der Waals surface area contributed by atoms with E-state index in [1.54, 1.807) is 13.8 Å². The van der Waals surface area contributed by atoms with Crippen LogP contribution in [0, 0.1) is 11.2 Å². The van der Waals surface area contributed by atoms with Crippen LogP contribution in [-0.4, -0.2) is 77.2 Å². The molecule has 2 aromatic rings. The number of sulfone groups is 2. The van der Waals surface area contributed by atoms with Gasteiger partial charge in [-0.05, 0) is 49.1 Å². The van der Waals surface area contributed by atoms with Crippen LogP contribution in [0.1, 0.15) is 44.2 Å². The molecule has 0 aromatic heterocycles. The molecule has 0 radical (unpaired) electrons. The summed E-state index contributed by atoms with van der Waals surface area (Å²) in [7, 11) is -8.08. The summed E-state index contributed by atoms with van der Waals surface area (Å²) >= 11 is 0. The Morgan fingerprint density at radius 2 is 1.41 bits per heavy atom.